The number of rotatable bonds is 5. The van der Waals surface area contributed by atoms with Gasteiger partial charge in [-0.1, -0.05) is 19.3 Å². The topological polar surface area (TPSA) is 29.9 Å². The molecule has 1 aromatic heterocycles. The maximum absolute atomic E-state index is 4.89. The Morgan fingerprint density at radius 2 is 1.95 bits per heavy atom. The summed E-state index contributed by atoms with van der Waals surface area (Å²) in [6, 6.07) is 2.92. The standard InChI is InChI=1S/C18H31N3/c1-17(2,3)19-14-18(10-11-18)13-15-9-12-21(20-15)16-7-5-4-6-8-16/h9,12,16,19H,4-8,10-11,13-14H2,1-3H3. The molecule has 0 aliphatic heterocycles. The Morgan fingerprint density at radius 3 is 2.57 bits per heavy atom. The predicted molar refractivity (Wildman–Crippen MR) is 87.5 cm³/mol. The Morgan fingerprint density at radius 1 is 1.24 bits per heavy atom. The summed E-state index contributed by atoms with van der Waals surface area (Å²) in [5.74, 6) is 0. The molecule has 0 radical (unpaired) electrons. The molecule has 2 aliphatic carbocycles. The molecule has 3 rings (SSSR count). The Kier molecular flexibility index (Phi) is 4.13. The van der Waals surface area contributed by atoms with Crippen LogP contribution in [0.1, 0.15) is 77.5 Å². The van der Waals surface area contributed by atoms with E-state index in [4.69, 9.17) is 5.10 Å². The first kappa shape index (κ1) is 15.1. The SMILES string of the molecule is CC(C)(C)NCC1(Cc2ccn(C3CCCCC3)n2)CC1. The number of aromatic nitrogens is 2. The van der Waals surface area contributed by atoms with E-state index in [0.29, 0.717) is 11.5 Å². The lowest BCUT2D eigenvalue weighted by atomic mass is 9.96. The fourth-order valence-corrected chi connectivity index (χ4v) is 3.45. The molecular formula is C18H31N3. The lowest BCUT2D eigenvalue weighted by Gasteiger charge is -2.25. The molecule has 0 aromatic carbocycles. The van der Waals surface area contributed by atoms with Crippen molar-refractivity contribution in [2.45, 2.75) is 83.7 Å². The molecule has 3 heteroatoms. The summed E-state index contributed by atoms with van der Waals surface area (Å²) >= 11 is 0. The van der Waals surface area contributed by atoms with Crippen molar-refractivity contribution < 1.29 is 0 Å². The molecule has 2 aliphatic rings. The van der Waals surface area contributed by atoms with E-state index in [9.17, 15) is 0 Å². The molecule has 0 bridgehead atoms. The van der Waals surface area contributed by atoms with E-state index in [1.807, 2.05) is 0 Å². The van der Waals surface area contributed by atoms with Gasteiger partial charge in [0.2, 0.25) is 0 Å². The number of nitrogens with one attached hydrogen (secondary N) is 1. The molecule has 1 heterocycles. The number of hydrogen-bond acceptors (Lipinski definition) is 2. The highest BCUT2D eigenvalue weighted by atomic mass is 15.3. The van der Waals surface area contributed by atoms with Gasteiger partial charge in [0.1, 0.15) is 0 Å². The third-order valence-electron chi connectivity index (χ3n) is 5.12. The van der Waals surface area contributed by atoms with Crippen LogP contribution in [0.2, 0.25) is 0 Å². The summed E-state index contributed by atoms with van der Waals surface area (Å²) in [7, 11) is 0. The largest absolute Gasteiger partial charge is 0.312 e. The Bertz CT molecular complexity index is 459. The average Bonchev–Trinajstić information content (AvgIpc) is 3.05. The highest BCUT2D eigenvalue weighted by molar-refractivity contribution is 5.09. The quantitative estimate of drug-likeness (QED) is 0.884. The summed E-state index contributed by atoms with van der Waals surface area (Å²) in [6.45, 7) is 7.88. The van der Waals surface area contributed by atoms with Crippen LogP contribution in [0.25, 0.3) is 0 Å². The van der Waals surface area contributed by atoms with E-state index in [-0.39, 0.29) is 5.54 Å². The monoisotopic (exact) mass is 289 g/mol. The van der Waals surface area contributed by atoms with Gasteiger partial charge < -0.3 is 5.32 Å². The number of nitrogens with zero attached hydrogens (tertiary/aromatic N) is 2. The Labute approximate surface area is 129 Å². The Balaban J connectivity index is 1.57. The van der Waals surface area contributed by atoms with E-state index >= 15 is 0 Å². The van der Waals surface area contributed by atoms with E-state index < -0.39 is 0 Å². The fraction of sp³-hybridized carbons (Fsp3) is 0.833. The molecule has 1 N–H and O–H groups in total. The molecule has 0 saturated heterocycles. The van der Waals surface area contributed by atoms with Crippen molar-refractivity contribution in [3.05, 3.63) is 18.0 Å². The summed E-state index contributed by atoms with van der Waals surface area (Å²) in [5, 5.41) is 8.57. The van der Waals surface area contributed by atoms with Gasteiger partial charge in [-0.3, -0.25) is 4.68 Å². The summed E-state index contributed by atoms with van der Waals surface area (Å²) < 4.78 is 2.25. The van der Waals surface area contributed by atoms with Crippen molar-refractivity contribution in [2.75, 3.05) is 6.54 Å². The molecule has 1 aromatic rings. The maximum Gasteiger partial charge on any atom is 0.0630 e. The Hall–Kier alpha value is -0.830. The molecule has 21 heavy (non-hydrogen) atoms. The van der Waals surface area contributed by atoms with Crippen molar-refractivity contribution in [3.8, 4) is 0 Å². The molecule has 0 unspecified atom stereocenters. The van der Waals surface area contributed by atoms with Crippen LogP contribution in [0.15, 0.2) is 12.3 Å². The second-order valence-corrected chi connectivity index (χ2v) is 8.36. The van der Waals surface area contributed by atoms with Crippen LogP contribution >= 0.6 is 0 Å². The summed E-state index contributed by atoms with van der Waals surface area (Å²) in [4.78, 5) is 0. The highest BCUT2D eigenvalue weighted by Gasteiger charge is 2.43. The van der Waals surface area contributed by atoms with Gasteiger partial charge in [-0.15, -0.1) is 0 Å². The maximum atomic E-state index is 4.89. The van der Waals surface area contributed by atoms with Gasteiger partial charge in [-0.25, -0.2) is 0 Å². The molecule has 0 spiro atoms. The zero-order valence-corrected chi connectivity index (χ0v) is 14.0. The van der Waals surface area contributed by atoms with Crippen LogP contribution in [0, 0.1) is 5.41 Å². The van der Waals surface area contributed by atoms with E-state index in [1.165, 1.54) is 50.6 Å². The second-order valence-electron chi connectivity index (χ2n) is 8.36. The smallest absolute Gasteiger partial charge is 0.0630 e. The van der Waals surface area contributed by atoms with Crippen molar-refractivity contribution in [1.82, 2.24) is 15.1 Å². The summed E-state index contributed by atoms with van der Waals surface area (Å²) in [6.07, 6.45) is 12.9. The highest BCUT2D eigenvalue weighted by Crippen LogP contribution is 2.48. The minimum Gasteiger partial charge on any atom is -0.312 e. The lowest BCUT2D eigenvalue weighted by Crippen LogP contribution is -2.40. The van der Waals surface area contributed by atoms with E-state index in [1.54, 1.807) is 0 Å². The molecule has 118 valence electrons. The van der Waals surface area contributed by atoms with Crippen molar-refractivity contribution in [2.24, 2.45) is 5.41 Å². The third kappa shape index (κ3) is 4.09. The van der Waals surface area contributed by atoms with Crippen LogP contribution in [0.5, 0.6) is 0 Å². The molecule has 0 atom stereocenters. The zero-order chi connectivity index (χ0) is 14.9. The van der Waals surface area contributed by atoms with Crippen molar-refractivity contribution in [3.63, 3.8) is 0 Å². The first-order valence-electron chi connectivity index (χ1n) is 8.75. The van der Waals surface area contributed by atoms with Gasteiger partial charge in [0.05, 0.1) is 11.7 Å². The predicted octanol–water partition coefficient (Wildman–Crippen LogP) is 4.10. The zero-order valence-electron chi connectivity index (χ0n) is 14.0. The van der Waals surface area contributed by atoms with Crippen LogP contribution in [-0.4, -0.2) is 21.9 Å². The van der Waals surface area contributed by atoms with Gasteiger partial charge in [0.15, 0.2) is 0 Å². The van der Waals surface area contributed by atoms with Crippen molar-refractivity contribution >= 4 is 0 Å². The molecule has 0 amide bonds. The average molecular weight is 289 g/mol. The van der Waals surface area contributed by atoms with Gasteiger partial charge in [-0.05, 0) is 64.4 Å². The normalized spacial score (nSPS) is 22.4. The van der Waals surface area contributed by atoms with E-state index in [2.05, 4.69) is 43.0 Å². The summed E-state index contributed by atoms with van der Waals surface area (Å²) in [5.41, 5.74) is 2.00. The minimum atomic E-state index is 0.219. The van der Waals surface area contributed by atoms with Crippen LogP contribution < -0.4 is 5.32 Å². The van der Waals surface area contributed by atoms with E-state index in [0.717, 1.165) is 13.0 Å². The van der Waals surface area contributed by atoms with Crippen LogP contribution in [0.3, 0.4) is 0 Å². The fourth-order valence-electron chi connectivity index (χ4n) is 3.45. The molecular weight excluding hydrogens is 258 g/mol. The van der Waals surface area contributed by atoms with Crippen molar-refractivity contribution in [1.29, 1.82) is 0 Å². The minimum absolute atomic E-state index is 0.219. The lowest BCUT2D eigenvalue weighted by molar-refractivity contribution is 0.324. The first-order chi connectivity index (χ1) is 9.96. The van der Waals surface area contributed by atoms with Gasteiger partial charge in [-0.2, -0.15) is 5.10 Å². The first-order valence-corrected chi connectivity index (χ1v) is 8.75. The number of hydrogen-bond donors (Lipinski definition) is 1. The second kappa shape index (κ2) is 5.75. The van der Waals surface area contributed by atoms with Crippen LogP contribution in [-0.2, 0) is 6.42 Å². The van der Waals surface area contributed by atoms with Gasteiger partial charge in [0, 0.05) is 18.3 Å². The molecule has 2 fully saturated rings. The third-order valence-corrected chi connectivity index (χ3v) is 5.12. The molecule has 2 saturated carbocycles. The van der Waals surface area contributed by atoms with Gasteiger partial charge >= 0.3 is 0 Å². The van der Waals surface area contributed by atoms with Crippen LogP contribution in [0.4, 0.5) is 0 Å². The van der Waals surface area contributed by atoms with Gasteiger partial charge in [0.25, 0.3) is 0 Å². The molecule has 3 nitrogen and oxygen atoms in total.